The second-order valence-electron chi connectivity index (χ2n) is 5.97. The van der Waals surface area contributed by atoms with E-state index in [9.17, 15) is 4.79 Å². The van der Waals surface area contributed by atoms with E-state index in [1.54, 1.807) is 6.07 Å². The summed E-state index contributed by atoms with van der Waals surface area (Å²) in [6.07, 6.45) is 2.12. The molecule has 5 heteroatoms. The second kappa shape index (κ2) is 5.75. The molecule has 1 aromatic heterocycles. The molecule has 0 bridgehead atoms. The quantitative estimate of drug-likeness (QED) is 0.910. The summed E-state index contributed by atoms with van der Waals surface area (Å²) in [7, 11) is 0. The molecule has 1 heterocycles. The number of carbonyl (C=O) groups is 1. The van der Waals surface area contributed by atoms with Crippen molar-refractivity contribution >= 4 is 17.5 Å². The van der Waals surface area contributed by atoms with E-state index in [4.69, 9.17) is 0 Å². The minimum Gasteiger partial charge on any atom is -0.348 e. The van der Waals surface area contributed by atoms with Crippen molar-refractivity contribution in [1.29, 1.82) is 0 Å². The zero-order valence-electron chi connectivity index (χ0n) is 13.1. The number of anilines is 2. The lowest BCUT2D eigenvalue weighted by Crippen LogP contribution is -2.26. The van der Waals surface area contributed by atoms with Gasteiger partial charge < -0.3 is 10.6 Å². The third-order valence-corrected chi connectivity index (χ3v) is 3.48. The lowest BCUT2D eigenvalue weighted by atomic mass is 10.1. The van der Waals surface area contributed by atoms with Crippen molar-refractivity contribution in [1.82, 2.24) is 15.3 Å². The molecule has 1 saturated carbocycles. The molecule has 1 aromatic carbocycles. The summed E-state index contributed by atoms with van der Waals surface area (Å²) in [5, 5.41) is 6.14. The highest BCUT2D eigenvalue weighted by atomic mass is 16.2. The Morgan fingerprint density at radius 3 is 2.36 bits per heavy atom. The highest BCUT2D eigenvalue weighted by molar-refractivity contribution is 5.93. The second-order valence-corrected chi connectivity index (χ2v) is 5.97. The molecular weight excluding hydrogens is 276 g/mol. The number of aromatic nitrogens is 2. The highest BCUT2D eigenvalue weighted by Crippen LogP contribution is 2.20. The molecule has 1 aliphatic rings. The van der Waals surface area contributed by atoms with Crippen LogP contribution in [0.15, 0.2) is 24.3 Å². The average Bonchev–Trinajstić information content (AvgIpc) is 3.20. The van der Waals surface area contributed by atoms with Gasteiger partial charge in [-0.3, -0.25) is 4.79 Å². The number of nitrogens with one attached hydrogen (secondary N) is 2. The average molecular weight is 296 g/mol. The van der Waals surface area contributed by atoms with E-state index in [1.807, 2.05) is 32.9 Å². The van der Waals surface area contributed by atoms with E-state index in [0.29, 0.717) is 17.7 Å². The molecular formula is C17H20N4O. The zero-order valence-corrected chi connectivity index (χ0v) is 13.1. The predicted octanol–water partition coefficient (Wildman–Crippen LogP) is 3.04. The van der Waals surface area contributed by atoms with Crippen LogP contribution in [0.2, 0.25) is 0 Å². The Kier molecular flexibility index (Phi) is 3.79. The maximum Gasteiger partial charge on any atom is 0.270 e. The van der Waals surface area contributed by atoms with Gasteiger partial charge in [0.15, 0.2) is 0 Å². The number of rotatable bonds is 4. The van der Waals surface area contributed by atoms with Crippen LogP contribution < -0.4 is 10.6 Å². The van der Waals surface area contributed by atoms with Gasteiger partial charge >= 0.3 is 0 Å². The first-order chi connectivity index (χ1) is 10.5. The topological polar surface area (TPSA) is 66.9 Å². The lowest BCUT2D eigenvalue weighted by Gasteiger charge is -2.10. The smallest absolute Gasteiger partial charge is 0.270 e. The molecule has 114 valence electrons. The van der Waals surface area contributed by atoms with E-state index < -0.39 is 0 Å². The van der Waals surface area contributed by atoms with Crippen molar-refractivity contribution < 1.29 is 4.79 Å². The number of carbonyl (C=O) groups excluding carboxylic acids is 1. The first kappa shape index (κ1) is 14.5. The molecule has 0 radical (unpaired) electrons. The van der Waals surface area contributed by atoms with E-state index >= 15 is 0 Å². The monoisotopic (exact) mass is 296 g/mol. The molecule has 0 atom stereocenters. The zero-order chi connectivity index (χ0) is 15.7. The first-order valence-corrected chi connectivity index (χ1v) is 7.51. The van der Waals surface area contributed by atoms with Crippen LogP contribution >= 0.6 is 0 Å². The molecule has 0 saturated heterocycles. The third kappa shape index (κ3) is 3.61. The summed E-state index contributed by atoms with van der Waals surface area (Å²) < 4.78 is 0. The van der Waals surface area contributed by atoms with Crippen LogP contribution in [0.5, 0.6) is 0 Å². The van der Waals surface area contributed by atoms with Gasteiger partial charge in [-0.25, -0.2) is 9.97 Å². The van der Waals surface area contributed by atoms with E-state index in [2.05, 4.69) is 26.7 Å². The van der Waals surface area contributed by atoms with E-state index in [-0.39, 0.29) is 5.91 Å². The van der Waals surface area contributed by atoms with Crippen LogP contribution in [-0.2, 0) is 0 Å². The van der Waals surface area contributed by atoms with Gasteiger partial charge in [0, 0.05) is 17.4 Å². The highest BCUT2D eigenvalue weighted by Gasteiger charge is 2.24. The normalized spacial score (nSPS) is 13.8. The number of benzene rings is 1. The summed E-state index contributed by atoms with van der Waals surface area (Å²) in [6, 6.07) is 8.20. The van der Waals surface area contributed by atoms with Crippen molar-refractivity contribution in [2.24, 2.45) is 0 Å². The van der Waals surface area contributed by atoms with Gasteiger partial charge in [0.2, 0.25) is 5.95 Å². The van der Waals surface area contributed by atoms with Crippen molar-refractivity contribution in [3.63, 3.8) is 0 Å². The molecule has 5 nitrogen and oxygen atoms in total. The number of hydrogen-bond acceptors (Lipinski definition) is 4. The minimum atomic E-state index is -0.128. The molecule has 1 amide bonds. The summed E-state index contributed by atoms with van der Waals surface area (Å²) in [4.78, 5) is 20.8. The van der Waals surface area contributed by atoms with E-state index in [1.165, 1.54) is 11.1 Å². The lowest BCUT2D eigenvalue weighted by molar-refractivity contribution is 0.0946. The van der Waals surface area contributed by atoms with Crippen LogP contribution in [0.3, 0.4) is 0 Å². The SMILES string of the molecule is Cc1cc(C)cc(Nc2nc(C)cc(C(=O)NC3CC3)n2)c1. The van der Waals surface area contributed by atoms with Crippen LogP contribution in [0.1, 0.15) is 40.2 Å². The predicted molar refractivity (Wildman–Crippen MR) is 86.5 cm³/mol. The first-order valence-electron chi connectivity index (χ1n) is 7.51. The fourth-order valence-electron chi connectivity index (χ4n) is 2.40. The molecule has 0 unspecified atom stereocenters. The fourth-order valence-corrected chi connectivity index (χ4v) is 2.40. The maximum absolute atomic E-state index is 12.1. The van der Waals surface area contributed by atoms with Crippen molar-refractivity contribution in [2.45, 2.75) is 39.7 Å². The Bertz CT molecular complexity index is 702. The van der Waals surface area contributed by atoms with Crippen molar-refractivity contribution in [3.05, 3.63) is 46.8 Å². The molecule has 0 aliphatic heterocycles. The van der Waals surface area contributed by atoms with Crippen LogP contribution in [0.25, 0.3) is 0 Å². The molecule has 2 aromatic rings. The number of amides is 1. The Balaban J connectivity index is 1.83. The standard InChI is InChI=1S/C17H20N4O/c1-10-6-11(2)8-14(7-10)20-17-18-12(3)9-15(21-17)16(22)19-13-4-5-13/h6-9,13H,4-5H2,1-3H3,(H,19,22)(H,18,20,21). The molecule has 2 N–H and O–H groups in total. The van der Waals surface area contributed by atoms with Gasteiger partial charge in [-0.2, -0.15) is 0 Å². The van der Waals surface area contributed by atoms with Gasteiger partial charge in [-0.15, -0.1) is 0 Å². The Morgan fingerprint density at radius 1 is 1.05 bits per heavy atom. The molecule has 1 fully saturated rings. The summed E-state index contributed by atoms with van der Waals surface area (Å²) in [5.74, 6) is 0.322. The van der Waals surface area contributed by atoms with Crippen LogP contribution in [0.4, 0.5) is 11.6 Å². The van der Waals surface area contributed by atoms with Gasteiger partial charge in [0.05, 0.1) is 0 Å². The summed E-state index contributed by atoms with van der Waals surface area (Å²) in [6.45, 7) is 5.95. The number of nitrogens with zero attached hydrogens (tertiary/aromatic N) is 2. The summed E-state index contributed by atoms with van der Waals surface area (Å²) >= 11 is 0. The maximum atomic E-state index is 12.1. The molecule has 22 heavy (non-hydrogen) atoms. The van der Waals surface area contributed by atoms with Crippen LogP contribution in [-0.4, -0.2) is 21.9 Å². The third-order valence-electron chi connectivity index (χ3n) is 3.48. The largest absolute Gasteiger partial charge is 0.348 e. The minimum absolute atomic E-state index is 0.128. The van der Waals surface area contributed by atoms with Crippen molar-refractivity contribution in [2.75, 3.05) is 5.32 Å². The number of aryl methyl sites for hydroxylation is 3. The molecule has 0 spiro atoms. The Hall–Kier alpha value is -2.43. The van der Waals surface area contributed by atoms with Gasteiger partial charge in [0.25, 0.3) is 5.91 Å². The molecule has 1 aliphatic carbocycles. The molecule has 3 rings (SSSR count). The van der Waals surface area contributed by atoms with Gasteiger partial charge in [-0.1, -0.05) is 6.07 Å². The Morgan fingerprint density at radius 2 is 1.73 bits per heavy atom. The number of hydrogen-bond donors (Lipinski definition) is 2. The fraction of sp³-hybridized carbons (Fsp3) is 0.353. The van der Waals surface area contributed by atoms with Crippen molar-refractivity contribution in [3.8, 4) is 0 Å². The Labute approximate surface area is 130 Å². The summed E-state index contributed by atoms with van der Waals surface area (Å²) in [5.41, 5.74) is 4.44. The van der Waals surface area contributed by atoms with E-state index in [0.717, 1.165) is 24.2 Å². The van der Waals surface area contributed by atoms with Gasteiger partial charge in [-0.05, 0) is 62.9 Å². The van der Waals surface area contributed by atoms with Gasteiger partial charge in [0.1, 0.15) is 5.69 Å². The van der Waals surface area contributed by atoms with Crippen LogP contribution in [0, 0.1) is 20.8 Å².